The topological polar surface area (TPSA) is 49.4 Å². The van der Waals surface area contributed by atoms with Crippen LogP contribution in [-0.4, -0.2) is 43.0 Å². The summed E-state index contributed by atoms with van der Waals surface area (Å²) in [5.41, 5.74) is 3.33. The van der Waals surface area contributed by atoms with Crippen molar-refractivity contribution in [1.82, 2.24) is 4.90 Å². The summed E-state index contributed by atoms with van der Waals surface area (Å²) in [6.07, 6.45) is 0.646. The van der Waals surface area contributed by atoms with Crippen molar-refractivity contribution in [3.63, 3.8) is 0 Å². The predicted octanol–water partition coefficient (Wildman–Crippen LogP) is 2.12. The van der Waals surface area contributed by atoms with Gasteiger partial charge in [-0.3, -0.25) is 0 Å². The first kappa shape index (κ1) is 15.3. The minimum Gasteiger partial charge on any atom is -0.348 e. The number of aryl methyl sites for hydroxylation is 1. The Morgan fingerprint density at radius 2 is 2.10 bits per heavy atom. The number of thiocarbonyl (C=S) groups is 1. The van der Waals surface area contributed by atoms with E-state index in [1.165, 1.54) is 5.56 Å². The molecule has 1 atom stereocenters. The third kappa shape index (κ3) is 3.30. The van der Waals surface area contributed by atoms with Gasteiger partial charge in [-0.25, -0.2) is 8.42 Å². The van der Waals surface area contributed by atoms with E-state index in [9.17, 15) is 8.42 Å². The van der Waals surface area contributed by atoms with E-state index in [0.29, 0.717) is 11.5 Å². The highest BCUT2D eigenvalue weighted by Gasteiger charge is 2.31. The molecule has 4 nitrogen and oxygen atoms in total. The standard InChI is InChI=1S/C14H20N2O2S2/c1-10-5-4-6-13(11(10)2)15-14(19)16(3)12-7-8-20(17,18)9-12/h4-6,12H,7-9H2,1-3H3,(H,15,19)/t12-/m1/s1. The first-order chi connectivity index (χ1) is 9.30. The second-order valence-corrected chi connectivity index (χ2v) is 7.96. The highest BCUT2D eigenvalue weighted by Crippen LogP contribution is 2.21. The molecule has 0 unspecified atom stereocenters. The van der Waals surface area contributed by atoms with Crippen LogP contribution in [0.25, 0.3) is 0 Å². The van der Waals surface area contributed by atoms with Crippen LogP contribution in [0.15, 0.2) is 18.2 Å². The fraction of sp³-hybridized carbons (Fsp3) is 0.500. The molecular weight excluding hydrogens is 292 g/mol. The zero-order valence-corrected chi connectivity index (χ0v) is 13.6. The highest BCUT2D eigenvalue weighted by atomic mass is 32.2. The molecule has 20 heavy (non-hydrogen) atoms. The summed E-state index contributed by atoms with van der Waals surface area (Å²) in [7, 11) is -1.04. The van der Waals surface area contributed by atoms with Crippen LogP contribution in [0.2, 0.25) is 0 Å². The maximum absolute atomic E-state index is 11.5. The fourth-order valence-electron chi connectivity index (χ4n) is 2.34. The third-order valence-corrected chi connectivity index (χ3v) is 6.06. The fourth-order valence-corrected chi connectivity index (χ4v) is 4.37. The zero-order chi connectivity index (χ0) is 14.9. The van der Waals surface area contributed by atoms with Crippen LogP contribution < -0.4 is 5.32 Å². The van der Waals surface area contributed by atoms with Gasteiger partial charge in [-0.15, -0.1) is 0 Å². The van der Waals surface area contributed by atoms with E-state index in [0.717, 1.165) is 11.3 Å². The Balaban J connectivity index is 2.07. The van der Waals surface area contributed by atoms with Crippen LogP contribution in [0, 0.1) is 13.8 Å². The van der Waals surface area contributed by atoms with E-state index in [4.69, 9.17) is 12.2 Å². The Morgan fingerprint density at radius 3 is 2.70 bits per heavy atom. The second kappa shape index (κ2) is 5.69. The summed E-state index contributed by atoms with van der Waals surface area (Å²) in [4.78, 5) is 1.86. The number of anilines is 1. The first-order valence-corrected chi connectivity index (χ1v) is 8.83. The normalized spacial score (nSPS) is 20.6. The maximum Gasteiger partial charge on any atom is 0.173 e. The molecule has 1 aliphatic heterocycles. The van der Waals surface area contributed by atoms with Gasteiger partial charge in [0, 0.05) is 18.8 Å². The molecule has 1 N–H and O–H groups in total. The lowest BCUT2D eigenvalue weighted by Gasteiger charge is -2.27. The van der Waals surface area contributed by atoms with Crippen LogP contribution in [0.4, 0.5) is 5.69 Å². The van der Waals surface area contributed by atoms with Gasteiger partial charge >= 0.3 is 0 Å². The van der Waals surface area contributed by atoms with Gasteiger partial charge in [0.25, 0.3) is 0 Å². The van der Waals surface area contributed by atoms with Gasteiger partial charge < -0.3 is 10.2 Å². The number of nitrogens with zero attached hydrogens (tertiary/aromatic N) is 1. The summed E-state index contributed by atoms with van der Waals surface area (Å²) in [6, 6.07) is 5.99. The smallest absolute Gasteiger partial charge is 0.173 e. The van der Waals surface area contributed by atoms with Gasteiger partial charge in [-0.2, -0.15) is 0 Å². The predicted molar refractivity (Wildman–Crippen MR) is 87.0 cm³/mol. The van der Waals surface area contributed by atoms with Gasteiger partial charge in [0.2, 0.25) is 0 Å². The molecule has 110 valence electrons. The van der Waals surface area contributed by atoms with Gasteiger partial charge in [0.05, 0.1) is 11.5 Å². The van der Waals surface area contributed by atoms with Crippen molar-refractivity contribution < 1.29 is 8.42 Å². The Morgan fingerprint density at radius 1 is 1.40 bits per heavy atom. The molecule has 0 radical (unpaired) electrons. The highest BCUT2D eigenvalue weighted by molar-refractivity contribution is 7.91. The molecule has 0 bridgehead atoms. The molecule has 1 aromatic rings. The second-order valence-electron chi connectivity index (χ2n) is 5.35. The van der Waals surface area contributed by atoms with Crippen LogP contribution in [0.1, 0.15) is 17.5 Å². The van der Waals surface area contributed by atoms with Crippen molar-refractivity contribution in [1.29, 1.82) is 0 Å². The van der Waals surface area contributed by atoms with Crippen LogP contribution in [0.5, 0.6) is 0 Å². The number of benzene rings is 1. The van der Waals surface area contributed by atoms with Crippen LogP contribution in [-0.2, 0) is 9.84 Å². The molecular formula is C14H20N2O2S2. The van der Waals surface area contributed by atoms with Crippen molar-refractivity contribution in [2.75, 3.05) is 23.9 Å². The van der Waals surface area contributed by atoms with Crippen molar-refractivity contribution in [3.05, 3.63) is 29.3 Å². The first-order valence-electron chi connectivity index (χ1n) is 6.60. The van der Waals surface area contributed by atoms with Crippen LogP contribution >= 0.6 is 12.2 Å². The van der Waals surface area contributed by atoms with Crippen molar-refractivity contribution >= 4 is 32.9 Å². The van der Waals surface area contributed by atoms with Crippen molar-refractivity contribution in [3.8, 4) is 0 Å². The number of nitrogens with one attached hydrogen (secondary N) is 1. The monoisotopic (exact) mass is 312 g/mol. The Bertz CT molecular complexity index is 626. The number of sulfone groups is 1. The van der Waals surface area contributed by atoms with Gasteiger partial charge in [-0.1, -0.05) is 12.1 Å². The van der Waals surface area contributed by atoms with E-state index in [-0.39, 0.29) is 17.5 Å². The lowest BCUT2D eigenvalue weighted by atomic mass is 10.1. The summed E-state index contributed by atoms with van der Waals surface area (Å²) in [5.74, 6) is 0.451. The van der Waals surface area contributed by atoms with Crippen molar-refractivity contribution in [2.24, 2.45) is 0 Å². The quantitative estimate of drug-likeness (QED) is 0.848. The summed E-state index contributed by atoms with van der Waals surface area (Å²) in [5, 5.41) is 3.79. The molecule has 6 heteroatoms. The SMILES string of the molecule is Cc1cccc(NC(=S)N(C)[C@@H]2CCS(=O)(=O)C2)c1C. The van der Waals surface area contributed by atoms with E-state index in [1.807, 2.05) is 31.0 Å². The van der Waals surface area contributed by atoms with E-state index >= 15 is 0 Å². The van der Waals surface area contributed by atoms with Crippen LogP contribution in [0.3, 0.4) is 0 Å². The molecule has 1 aromatic carbocycles. The minimum absolute atomic E-state index is 0.0230. The molecule has 1 heterocycles. The van der Waals surface area contributed by atoms with Crippen molar-refractivity contribution in [2.45, 2.75) is 26.3 Å². The molecule has 1 aliphatic rings. The molecule has 0 aliphatic carbocycles. The Hall–Kier alpha value is -1.14. The summed E-state index contributed by atoms with van der Waals surface area (Å²) < 4.78 is 23.1. The number of hydrogen-bond donors (Lipinski definition) is 1. The largest absolute Gasteiger partial charge is 0.348 e. The minimum atomic E-state index is -2.89. The van der Waals surface area contributed by atoms with Gasteiger partial charge in [0.1, 0.15) is 0 Å². The maximum atomic E-state index is 11.5. The molecule has 0 aromatic heterocycles. The molecule has 1 saturated heterocycles. The molecule has 0 saturated carbocycles. The third-order valence-electron chi connectivity index (χ3n) is 3.92. The molecule has 0 spiro atoms. The molecule has 1 fully saturated rings. The average molecular weight is 312 g/mol. The summed E-state index contributed by atoms with van der Waals surface area (Å²) >= 11 is 5.39. The van der Waals surface area contributed by atoms with E-state index < -0.39 is 9.84 Å². The Labute approximate surface area is 126 Å². The number of hydrogen-bond acceptors (Lipinski definition) is 3. The van der Waals surface area contributed by atoms with E-state index in [2.05, 4.69) is 18.3 Å². The average Bonchev–Trinajstić information content (AvgIpc) is 2.74. The molecule has 0 amide bonds. The van der Waals surface area contributed by atoms with E-state index in [1.54, 1.807) is 0 Å². The molecule has 2 rings (SSSR count). The number of rotatable bonds is 2. The lowest BCUT2D eigenvalue weighted by Crippen LogP contribution is -2.40. The zero-order valence-electron chi connectivity index (χ0n) is 12.0. The summed E-state index contributed by atoms with van der Waals surface area (Å²) in [6.45, 7) is 4.09. The van der Waals surface area contributed by atoms with Gasteiger partial charge in [0.15, 0.2) is 14.9 Å². The lowest BCUT2D eigenvalue weighted by molar-refractivity contribution is 0.402. The van der Waals surface area contributed by atoms with Gasteiger partial charge in [-0.05, 0) is 49.7 Å². The Kier molecular flexibility index (Phi) is 4.34.